The molecule has 1 radical (unpaired) electrons. The van der Waals surface area contributed by atoms with Crippen LogP contribution in [0, 0.1) is 11.7 Å². The van der Waals surface area contributed by atoms with E-state index in [1.165, 1.54) is 4.90 Å². The lowest BCUT2D eigenvalue weighted by molar-refractivity contribution is 0.0517. The van der Waals surface area contributed by atoms with Gasteiger partial charge in [-0.15, -0.1) is 0 Å². The number of urea groups is 1. The molecule has 4 rings (SSSR count). The van der Waals surface area contributed by atoms with Crippen LogP contribution in [0.25, 0.3) is 0 Å². The van der Waals surface area contributed by atoms with Crippen LogP contribution in [0.4, 0.5) is 25.4 Å². The third kappa shape index (κ3) is 4.62. The summed E-state index contributed by atoms with van der Waals surface area (Å²) >= 11 is 6.65. The predicted molar refractivity (Wildman–Crippen MR) is 118 cm³/mol. The van der Waals surface area contributed by atoms with Crippen molar-refractivity contribution in [1.82, 2.24) is 10.6 Å². The van der Waals surface area contributed by atoms with Crippen LogP contribution in [-0.2, 0) is 4.74 Å². The first kappa shape index (κ1) is 22.6. The van der Waals surface area contributed by atoms with Crippen molar-refractivity contribution in [3.63, 3.8) is 0 Å². The van der Waals surface area contributed by atoms with E-state index >= 15 is 4.39 Å². The highest BCUT2D eigenvalue weighted by atomic mass is 35.5. The molecule has 1 aromatic carbocycles. The van der Waals surface area contributed by atoms with Gasteiger partial charge >= 0.3 is 12.1 Å². The van der Waals surface area contributed by atoms with E-state index in [0.717, 1.165) is 31.7 Å². The van der Waals surface area contributed by atoms with Crippen LogP contribution in [0.1, 0.15) is 56.8 Å². The summed E-state index contributed by atoms with van der Waals surface area (Å²) in [5.41, 5.74) is -0.134. The second-order valence-corrected chi connectivity index (χ2v) is 9.93. The molecule has 1 unspecified atom stereocenters. The third-order valence-corrected chi connectivity index (χ3v) is 6.08. The number of imide groups is 1. The SMILES string of the molecule is CC(C)(C)OC(=O)NCC1CCCN(c2c(F)cc3c(c2Cl)N(C2CC2)C(=O)[N]C3=O)C1. The first-order chi connectivity index (χ1) is 15.0. The number of benzene rings is 1. The lowest BCUT2D eigenvalue weighted by atomic mass is 9.96. The Labute approximate surface area is 191 Å². The molecule has 1 N–H and O–H groups in total. The Balaban J connectivity index is 1.55. The first-order valence-electron chi connectivity index (χ1n) is 10.9. The van der Waals surface area contributed by atoms with Gasteiger partial charge in [-0.05, 0) is 58.4 Å². The van der Waals surface area contributed by atoms with Gasteiger partial charge < -0.3 is 15.0 Å². The maximum Gasteiger partial charge on any atom is 0.407 e. The number of carbonyl (C=O) groups is 3. The van der Waals surface area contributed by atoms with E-state index < -0.39 is 29.4 Å². The first-order valence-corrected chi connectivity index (χ1v) is 11.3. The lowest BCUT2D eigenvalue weighted by Gasteiger charge is -2.37. The number of alkyl carbamates (subject to hydrolysis) is 1. The smallest absolute Gasteiger partial charge is 0.407 e. The summed E-state index contributed by atoms with van der Waals surface area (Å²) in [4.78, 5) is 39.9. The Hall–Kier alpha value is -2.55. The van der Waals surface area contributed by atoms with Crippen molar-refractivity contribution in [3.05, 3.63) is 22.5 Å². The molecule has 173 valence electrons. The topological polar surface area (TPSA) is 93.1 Å². The van der Waals surface area contributed by atoms with Gasteiger partial charge in [-0.25, -0.2) is 14.0 Å². The molecule has 0 spiro atoms. The molecule has 0 bridgehead atoms. The highest BCUT2D eigenvalue weighted by Gasteiger charge is 2.43. The predicted octanol–water partition coefficient (Wildman–Crippen LogP) is 4.07. The summed E-state index contributed by atoms with van der Waals surface area (Å²) in [5, 5.41) is 6.36. The summed E-state index contributed by atoms with van der Waals surface area (Å²) in [6, 6.07) is 0.413. The van der Waals surface area contributed by atoms with Gasteiger partial charge in [0.25, 0.3) is 5.91 Å². The number of anilines is 2. The molecule has 3 aliphatic rings. The fourth-order valence-electron chi connectivity index (χ4n) is 4.23. The lowest BCUT2D eigenvalue weighted by Crippen LogP contribution is -2.46. The largest absolute Gasteiger partial charge is 0.444 e. The van der Waals surface area contributed by atoms with Crippen LogP contribution >= 0.6 is 11.6 Å². The van der Waals surface area contributed by atoms with Crippen LogP contribution in [-0.4, -0.2) is 49.3 Å². The van der Waals surface area contributed by atoms with Gasteiger partial charge in [-0.3, -0.25) is 9.69 Å². The van der Waals surface area contributed by atoms with Gasteiger partial charge in [0, 0.05) is 25.7 Å². The zero-order valence-corrected chi connectivity index (χ0v) is 19.2. The number of halogens is 2. The van der Waals surface area contributed by atoms with Crippen molar-refractivity contribution >= 4 is 41.0 Å². The Morgan fingerprint density at radius 3 is 2.66 bits per heavy atom. The molecule has 1 aromatic rings. The summed E-state index contributed by atoms with van der Waals surface area (Å²) < 4.78 is 20.4. The maximum absolute atomic E-state index is 15.2. The second-order valence-electron chi connectivity index (χ2n) is 9.55. The second kappa shape index (κ2) is 8.42. The summed E-state index contributed by atoms with van der Waals surface area (Å²) in [6.07, 6.45) is 2.74. The van der Waals surface area contributed by atoms with E-state index in [-0.39, 0.29) is 33.9 Å². The minimum atomic E-state index is -0.771. The number of hydrogen-bond donors (Lipinski definition) is 1. The van der Waals surface area contributed by atoms with Crippen molar-refractivity contribution in [3.8, 4) is 0 Å². The highest BCUT2D eigenvalue weighted by Crippen LogP contribution is 2.46. The number of piperidine rings is 1. The number of carbonyl (C=O) groups excluding carboxylic acids is 3. The minimum absolute atomic E-state index is 0.0166. The molecule has 0 aromatic heterocycles. The van der Waals surface area contributed by atoms with Crippen LogP contribution in [0.2, 0.25) is 5.02 Å². The standard InChI is InChI=1S/C22H27ClFN4O4/c1-22(2,3)32-21(31)25-10-12-5-4-8-27(11-12)18-15(24)9-14-17(16(18)23)28(13-6-7-13)20(30)26-19(14)29/h9,12-13H,4-8,10-11H2,1-3H3,(H,25,31). The molecule has 1 saturated heterocycles. The number of rotatable bonds is 4. The van der Waals surface area contributed by atoms with E-state index in [9.17, 15) is 14.4 Å². The number of nitrogens with zero attached hydrogens (tertiary/aromatic N) is 3. The molecule has 1 saturated carbocycles. The molecule has 1 atom stereocenters. The van der Waals surface area contributed by atoms with Crippen molar-refractivity contribution in [1.29, 1.82) is 0 Å². The Morgan fingerprint density at radius 2 is 2.00 bits per heavy atom. The van der Waals surface area contributed by atoms with Crippen molar-refractivity contribution in [2.45, 2.75) is 58.1 Å². The Kier molecular flexibility index (Phi) is 5.96. The van der Waals surface area contributed by atoms with Crippen LogP contribution in [0.15, 0.2) is 6.07 Å². The zero-order valence-electron chi connectivity index (χ0n) is 18.4. The number of nitrogens with one attached hydrogen (secondary N) is 1. The summed E-state index contributed by atoms with van der Waals surface area (Å²) in [6.45, 7) is 6.82. The Bertz CT molecular complexity index is 960. The highest BCUT2D eigenvalue weighted by molar-refractivity contribution is 6.38. The molecule has 4 amide bonds. The monoisotopic (exact) mass is 465 g/mol. The van der Waals surface area contributed by atoms with Crippen molar-refractivity contribution in [2.75, 3.05) is 29.4 Å². The Morgan fingerprint density at radius 1 is 1.28 bits per heavy atom. The maximum atomic E-state index is 15.2. The average molecular weight is 466 g/mol. The fourth-order valence-corrected chi connectivity index (χ4v) is 4.63. The van der Waals surface area contributed by atoms with Crippen molar-refractivity contribution < 1.29 is 23.5 Å². The van der Waals surface area contributed by atoms with E-state index in [0.29, 0.717) is 19.6 Å². The average Bonchev–Trinajstić information content (AvgIpc) is 3.51. The summed E-state index contributed by atoms with van der Waals surface area (Å²) in [7, 11) is 0. The van der Waals surface area contributed by atoms with Gasteiger partial charge in [0.15, 0.2) is 0 Å². The molecule has 10 heteroatoms. The molecule has 2 fully saturated rings. The number of fused-ring (bicyclic) bond motifs is 1. The molecule has 1 aliphatic carbocycles. The molecule has 2 aliphatic heterocycles. The van der Waals surface area contributed by atoms with Gasteiger partial charge in [0.05, 0.1) is 22.0 Å². The van der Waals surface area contributed by atoms with Gasteiger partial charge in [0.1, 0.15) is 11.4 Å². The summed E-state index contributed by atoms with van der Waals surface area (Å²) in [5.74, 6) is -1.32. The molecule has 32 heavy (non-hydrogen) atoms. The van der Waals surface area contributed by atoms with E-state index in [2.05, 4.69) is 10.6 Å². The van der Waals surface area contributed by atoms with Gasteiger partial charge in [-0.1, -0.05) is 11.6 Å². The number of amides is 4. The fraction of sp³-hybridized carbons (Fsp3) is 0.591. The molecular weight excluding hydrogens is 439 g/mol. The van der Waals surface area contributed by atoms with E-state index in [1.807, 2.05) is 4.90 Å². The number of ether oxygens (including phenoxy) is 1. The molecular formula is C22H27ClFN4O4. The normalized spacial score (nSPS) is 21.2. The minimum Gasteiger partial charge on any atom is -0.444 e. The van der Waals surface area contributed by atoms with Gasteiger partial charge in [-0.2, -0.15) is 5.32 Å². The van der Waals surface area contributed by atoms with Crippen molar-refractivity contribution in [2.24, 2.45) is 5.92 Å². The molecule has 2 heterocycles. The van der Waals surface area contributed by atoms with Crippen LogP contribution in [0.3, 0.4) is 0 Å². The van der Waals surface area contributed by atoms with E-state index in [4.69, 9.17) is 16.3 Å². The van der Waals surface area contributed by atoms with Crippen LogP contribution in [0.5, 0.6) is 0 Å². The quantitative estimate of drug-likeness (QED) is 0.723. The number of hydrogen-bond acceptors (Lipinski definition) is 5. The third-order valence-electron chi connectivity index (χ3n) is 5.72. The van der Waals surface area contributed by atoms with Gasteiger partial charge in [0.2, 0.25) is 0 Å². The zero-order chi connectivity index (χ0) is 23.2. The van der Waals surface area contributed by atoms with E-state index in [1.54, 1.807) is 20.8 Å². The molecule has 8 nitrogen and oxygen atoms in total. The van der Waals surface area contributed by atoms with Crippen LogP contribution < -0.4 is 20.4 Å².